The molecule has 1 fully saturated rings. The molecule has 3 nitrogen and oxygen atoms in total. The molecule has 0 bridgehead atoms. The van der Waals surface area contributed by atoms with Gasteiger partial charge in [-0.1, -0.05) is 25.6 Å². The number of nitrogens with zero attached hydrogens (tertiary/aromatic N) is 1. The highest BCUT2D eigenvalue weighted by Gasteiger charge is 2.22. The van der Waals surface area contributed by atoms with Crippen LogP contribution >= 0.6 is 11.8 Å². The molecule has 0 aromatic carbocycles. The standard InChI is InChI=1S/C12H22N2OS/c1-9(2)5-11-7-14-12(16-11)13-6-10-3-4-15-8-10/h9-11H,3-8H2,1-2H3,(H,13,14). The van der Waals surface area contributed by atoms with Crippen molar-refractivity contribution in [3.8, 4) is 0 Å². The van der Waals surface area contributed by atoms with Crippen LogP contribution in [0.3, 0.4) is 0 Å². The third kappa shape index (κ3) is 3.67. The molecule has 2 rings (SSSR count). The summed E-state index contributed by atoms with van der Waals surface area (Å²) >= 11 is 1.92. The average Bonchev–Trinajstić information content (AvgIpc) is 2.84. The zero-order valence-electron chi connectivity index (χ0n) is 10.2. The van der Waals surface area contributed by atoms with Crippen molar-refractivity contribution < 1.29 is 4.74 Å². The second-order valence-corrected chi connectivity index (χ2v) is 6.41. The van der Waals surface area contributed by atoms with Crippen LogP contribution in [0.5, 0.6) is 0 Å². The first-order valence-electron chi connectivity index (χ1n) is 6.26. The van der Waals surface area contributed by atoms with E-state index in [9.17, 15) is 0 Å². The lowest BCUT2D eigenvalue weighted by atomic mass is 10.1. The van der Waals surface area contributed by atoms with Gasteiger partial charge >= 0.3 is 0 Å². The number of amidine groups is 1. The number of thioether (sulfide) groups is 1. The predicted molar refractivity (Wildman–Crippen MR) is 70.1 cm³/mol. The summed E-state index contributed by atoms with van der Waals surface area (Å²) in [6, 6.07) is 0. The van der Waals surface area contributed by atoms with Gasteiger partial charge < -0.3 is 10.1 Å². The van der Waals surface area contributed by atoms with Crippen molar-refractivity contribution in [3.63, 3.8) is 0 Å². The van der Waals surface area contributed by atoms with Crippen LogP contribution in [0.4, 0.5) is 0 Å². The van der Waals surface area contributed by atoms with E-state index in [1.54, 1.807) is 0 Å². The minimum Gasteiger partial charge on any atom is -0.381 e. The lowest BCUT2D eigenvalue weighted by molar-refractivity contribution is 0.186. The first-order chi connectivity index (χ1) is 7.74. The second kappa shape index (κ2) is 5.92. The monoisotopic (exact) mass is 242 g/mol. The predicted octanol–water partition coefficient (Wildman–Crippen LogP) is 2.13. The van der Waals surface area contributed by atoms with E-state index >= 15 is 0 Å². The number of hydrogen-bond donors (Lipinski definition) is 1. The molecule has 2 unspecified atom stereocenters. The molecule has 2 heterocycles. The smallest absolute Gasteiger partial charge is 0.156 e. The number of rotatable bonds is 4. The first kappa shape index (κ1) is 12.2. The van der Waals surface area contributed by atoms with Crippen LogP contribution < -0.4 is 5.32 Å². The van der Waals surface area contributed by atoms with Gasteiger partial charge in [0.2, 0.25) is 0 Å². The van der Waals surface area contributed by atoms with E-state index in [0.29, 0.717) is 11.2 Å². The van der Waals surface area contributed by atoms with Crippen LogP contribution in [-0.2, 0) is 4.74 Å². The van der Waals surface area contributed by atoms with E-state index in [0.717, 1.165) is 37.4 Å². The summed E-state index contributed by atoms with van der Waals surface area (Å²) in [5, 5.41) is 5.31. The molecule has 16 heavy (non-hydrogen) atoms. The maximum Gasteiger partial charge on any atom is 0.156 e. The summed E-state index contributed by atoms with van der Waals surface area (Å²) in [5.74, 6) is 1.46. The van der Waals surface area contributed by atoms with Crippen molar-refractivity contribution >= 4 is 16.9 Å². The fraction of sp³-hybridized carbons (Fsp3) is 0.917. The van der Waals surface area contributed by atoms with Gasteiger partial charge in [0.1, 0.15) is 0 Å². The Morgan fingerprint density at radius 2 is 2.44 bits per heavy atom. The summed E-state index contributed by atoms with van der Waals surface area (Å²) in [7, 11) is 0. The summed E-state index contributed by atoms with van der Waals surface area (Å²) < 4.78 is 5.36. The molecule has 0 spiro atoms. The fourth-order valence-corrected chi connectivity index (χ4v) is 3.40. The van der Waals surface area contributed by atoms with Crippen LogP contribution in [0.25, 0.3) is 0 Å². The Bertz CT molecular complexity index is 249. The summed E-state index contributed by atoms with van der Waals surface area (Å²) in [4.78, 5) is 4.56. The first-order valence-corrected chi connectivity index (χ1v) is 7.14. The highest BCUT2D eigenvalue weighted by molar-refractivity contribution is 8.14. The molecule has 0 aromatic rings. The van der Waals surface area contributed by atoms with Gasteiger partial charge in [-0.3, -0.25) is 4.99 Å². The van der Waals surface area contributed by atoms with Gasteiger partial charge in [-0.05, 0) is 18.8 Å². The van der Waals surface area contributed by atoms with E-state index in [2.05, 4.69) is 24.2 Å². The van der Waals surface area contributed by atoms with Crippen molar-refractivity contribution in [1.82, 2.24) is 5.32 Å². The molecule has 1 N–H and O–H groups in total. The molecule has 0 saturated carbocycles. The van der Waals surface area contributed by atoms with E-state index in [1.807, 2.05) is 11.8 Å². The largest absolute Gasteiger partial charge is 0.381 e. The number of hydrogen-bond acceptors (Lipinski definition) is 4. The third-order valence-electron chi connectivity index (χ3n) is 3.02. The van der Waals surface area contributed by atoms with Crippen LogP contribution in [0, 0.1) is 11.8 Å². The third-order valence-corrected chi connectivity index (χ3v) is 4.19. The van der Waals surface area contributed by atoms with Crippen LogP contribution in [0.15, 0.2) is 4.99 Å². The molecule has 2 aliphatic rings. The SMILES string of the molecule is CC(C)CC1CN=C(NCC2CCOC2)S1. The van der Waals surface area contributed by atoms with Crippen molar-refractivity contribution in [3.05, 3.63) is 0 Å². The Balaban J connectivity index is 1.64. The Morgan fingerprint density at radius 1 is 1.56 bits per heavy atom. The highest BCUT2D eigenvalue weighted by atomic mass is 32.2. The number of ether oxygens (including phenoxy) is 1. The van der Waals surface area contributed by atoms with Crippen LogP contribution in [0.1, 0.15) is 26.7 Å². The Hall–Kier alpha value is -0.220. The normalized spacial score (nSPS) is 29.8. The zero-order chi connectivity index (χ0) is 11.4. The molecule has 92 valence electrons. The summed E-state index contributed by atoms with van der Waals surface area (Å²) in [5.41, 5.74) is 0. The minimum atomic E-state index is 0.687. The van der Waals surface area contributed by atoms with Gasteiger partial charge in [-0.15, -0.1) is 0 Å². The van der Waals surface area contributed by atoms with E-state index < -0.39 is 0 Å². The van der Waals surface area contributed by atoms with E-state index in [-0.39, 0.29) is 0 Å². The fourth-order valence-electron chi connectivity index (χ4n) is 2.14. The molecule has 0 radical (unpaired) electrons. The zero-order valence-corrected chi connectivity index (χ0v) is 11.1. The highest BCUT2D eigenvalue weighted by Crippen LogP contribution is 2.25. The number of aliphatic imine (C=N–C) groups is 1. The molecular weight excluding hydrogens is 220 g/mol. The van der Waals surface area contributed by atoms with Gasteiger partial charge in [0.25, 0.3) is 0 Å². The Labute approximate surface area is 102 Å². The maximum atomic E-state index is 5.36. The molecule has 2 aliphatic heterocycles. The molecule has 1 saturated heterocycles. The molecule has 4 heteroatoms. The van der Waals surface area contributed by atoms with Gasteiger partial charge in [-0.25, -0.2) is 0 Å². The van der Waals surface area contributed by atoms with Crippen LogP contribution in [-0.4, -0.2) is 36.7 Å². The quantitative estimate of drug-likeness (QED) is 0.820. The topological polar surface area (TPSA) is 33.6 Å². The van der Waals surface area contributed by atoms with Gasteiger partial charge in [0.15, 0.2) is 5.17 Å². The maximum absolute atomic E-state index is 5.36. The van der Waals surface area contributed by atoms with Crippen molar-refractivity contribution in [1.29, 1.82) is 0 Å². The minimum absolute atomic E-state index is 0.687. The van der Waals surface area contributed by atoms with Gasteiger partial charge in [-0.2, -0.15) is 0 Å². The lowest BCUT2D eigenvalue weighted by Crippen LogP contribution is -2.26. The Morgan fingerprint density at radius 3 is 3.12 bits per heavy atom. The second-order valence-electron chi connectivity index (χ2n) is 5.13. The number of nitrogens with one attached hydrogen (secondary N) is 1. The van der Waals surface area contributed by atoms with E-state index in [1.165, 1.54) is 12.8 Å². The molecule has 2 atom stereocenters. The van der Waals surface area contributed by atoms with Crippen molar-refractivity contribution in [2.24, 2.45) is 16.8 Å². The lowest BCUT2D eigenvalue weighted by Gasteiger charge is -2.12. The summed E-state index contributed by atoms with van der Waals surface area (Å²) in [6.07, 6.45) is 2.46. The summed E-state index contributed by atoms with van der Waals surface area (Å²) in [6.45, 7) is 8.43. The van der Waals surface area contributed by atoms with Gasteiger partial charge in [0.05, 0.1) is 13.2 Å². The molecule has 0 aliphatic carbocycles. The molecule has 0 aromatic heterocycles. The van der Waals surface area contributed by atoms with Gasteiger partial charge in [0, 0.05) is 24.3 Å². The van der Waals surface area contributed by atoms with Crippen LogP contribution in [0.2, 0.25) is 0 Å². The average molecular weight is 242 g/mol. The Kier molecular flexibility index (Phi) is 4.53. The van der Waals surface area contributed by atoms with Crippen molar-refractivity contribution in [2.75, 3.05) is 26.3 Å². The van der Waals surface area contributed by atoms with E-state index in [4.69, 9.17) is 4.74 Å². The molecular formula is C12H22N2OS. The van der Waals surface area contributed by atoms with Crippen molar-refractivity contribution in [2.45, 2.75) is 31.9 Å². The molecule has 0 amide bonds.